The number of aryl methyl sites for hydroxylation is 1. The van der Waals surface area contributed by atoms with E-state index in [1.807, 2.05) is 35.2 Å². The zero-order valence-electron chi connectivity index (χ0n) is 16.7. The summed E-state index contributed by atoms with van der Waals surface area (Å²) >= 11 is 0. The first-order valence-corrected chi connectivity index (χ1v) is 10.1. The second-order valence-electron chi connectivity index (χ2n) is 7.66. The molecule has 1 aliphatic heterocycles. The average Bonchev–Trinajstić information content (AvgIpc) is 3.25. The molecule has 5 rings (SSSR count). The first-order chi connectivity index (χ1) is 14.6. The Hall–Kier alpha value is -3.67. The van der Waals surface area contributed by atoms with Crippen LogP contribution in [0.15, 0.2) is 71.7 Å². The van der Waals surface area contributed by atoms with E-state index in [1.54, 1.807) is 19.2 Å². The number of benzene rings is 2. The third-order valence-corrected chi connectivity index (χ3v) is 5.89. The van der Waals surface area contributed by atoms with Gasteiger partial charge in [0.05, 0.1) is 12.5 Å². The minimum absolute atomic E-state index is 0.0329. The number of amides is 1. The van der Waals surface area contributed by atoms with E-state index < -0.39 is 0 Å². The van der Waals surface area contributed by atoms with Gasteiger partial charge in [0.25, 0.3) is 5.56 Å². The zero-order valence-corrected chi connectivity index (χ0v) is 16.7. The highest BCUT2D eigenvalue weighted by atomic mass is 16.2. The van der Waals surface area contributed by atoms with Crippen LogP contribution < -0.4 is 5.56 Å². The van der Waals surface area contributed by atoms with Gasteiger partial charge in [-0.25, -0.2) is 9.50 Å². The summed E-state index contributed by atoms with van der Waals surface area (Å²) in [5, 5.41) is 2.87. The lowest BCUT2D eigenvalue weighted by Crippen LogP contribution is -2.42. The third-order valence-electron chi connectivity index (χ3n) is 5.89. The molecule has 3 heterocycles. The number of H-pyrrole nitrogens is 1. The highest BCUT2D eigenvalue weighted by molar-refractivity contribution is 5.80. The van der Waals surface area contributed by atoms with E-state index in [4.69, 9.17) is 0 Å². The minimum atomic E-state index is -0.218. The number of fused-ring (bicyclic) bond motifs is 2. The fraction of sp³-hybridized carbons (Fsp3) is 0.208. The van der Waals surface area contributed by atoms with Crippen LogP contribution in [0.4, 0.5) is 0 Å². The molecular weight excluding hydrogens is 376 g/mol. The van der Waals surface area contributed by atoms with Gasteiger partial charge < -0.3 is 4.90 Å². The maximum Gasteiger partial charge on any atom is 0.276 e. The van der Waals surface area contributed by atoms with Crippen molar-refractivity contribution in [1.29, 1.82) is 0 Å². The van der Waals surface area contributed by atoms with Crippen molar-refractivity contribution in [1.82, 2.24) is 19.5 Å². The predicted molar refractivity (Wildman–Crippen MR) is 114 cm³/mol. The Kier molecular flexibility index (Phi) is 4.47. The Bertz CT molecular complexity index is 1290. The standard InChI is InChI=1S/C24H22N4O2/c1-16-20(24(30)28-21(26-16)11-13-25-28)15-22(29)27-14-12-17-7-5-6-10-19(17)23(27)18-8-3-2-4-9-18/h2-11,13,23,25H,12,14-15H2,1H3. The molecule has 0 fully saturated rings. The largest absolute Gasteiger partial charge is 0.331 e. The lowest BCUT2D eigenvalue weighted by Gasteiger charge is -2.38. The molecule has 0 radical (unpaired) electrons. The number of carbonyl (C=O) groups is 1. The molecule has 150 valence electrons. The van der Waals surface area contributed by atoms with Gasteiger partial charge in [-0.1, -0.05) is 54.6 Å². The Morgan fingerprint density at radius 2 is 1.87 bits per heavy atom. The van der Waals surface area contributed by atoms with E-state index in [2.05, 4.69) is 34.3 Å². The van der Waals surface area contributed by atoms with Crippen LogP contribution in [0, 0.1) is 6.92 Å². The monoisotopic (exact) mass is 398 g/mol. The molecule has 1 amide bonds. The number of aromatic amines is 1. The summed E-state index contributed by atoms with van der Waals surface area (Å²) in [7, 11) is 0. The molecule has 1 N–H and O–H groups in total. The topological polar surface area (TPSA) is 70.5 Å². The molecular formula is C24H22N4O2. The maximum atomic E-state index is 13.5. The molecule has 2 aromatic heterocycles. The van der Waals surface area contributed by atoms with Gasteiger partial charge in [0, 0.05) is 30.1 Å². The number of aromatic nitrogens is 3. The van der Waals surface area contributed by atoms with Gasteiger partial charge >= 0.3 is 0 Å². The number of hydrogen-bond donors (Lipinski definition) is 1. The highest BCUT2D eigenvalue weighted by Gasteiger charge is 2.32. The number of hydrogen-bond acceptors (Lipinski definition) is 3. The summed E-state index contributed by atoms with van der Waals surface area (Å²) in [6.07, 6.45) is 2.50. The molecule has 6 heteroatoms. The summed E-state index contributed by atoms with van der Waals surface area (Å²) in [6.45, 7) is 2.41. The second kappa shape index (κ2) is 7.30. The van der Waals surface area contributed by atoms with E-state index in [-0.39, 0.29) is 23.9 Å². The van der Waals surface area contributed by atoms with Gasteiger partial charge in [-0.05, 0) is 30.0 Å². The van der Waals surface area contributed by atoms with Gasteiger partial charge in [0.2, 0.25) is 5.91 Å². The van der Waals surface area contributed by atoms with Crippen molar-refractivity contribution in [2.75, 3.05) is 6.54 Å². The number of rotatable bonds is 3. The minimum Gasteiger partial charge on any atom is -0.331 e. The van der Waals surface area contributed by atoms with E-state index in [1.165, 1.54) is 10.1 Å². The lowest BCUT2D eigenvalue weighted by atomic mass is 9.88. The van der Waals surface area contributed by atoms with Crippen LogP contribution in [0.1, 0.15) is 34.0 Å². The number of nitrogens with one attached hydrogen (secondary N) is 1. The summed E-state index contributed by atoms with van der Waals surface area (Å²) in [5.74, 6) is -0.0631. The van der Waals surface area contributed by atoms with Gasteiger partial charge in [-0.2, -0.15) is 0 Å². The van der Waals surface area contributed by atoms with Crippen LogP contribution in [0.2, 0.25) is 0 Å². The van der Waals surface area contributed by atoms with Crippen molar-refractivity contribution < 1.29 is 4.79 Å². The Morgan fingerprint density at radius 3 is 2.70 bits per heavy atom. The molecule has 1 atom stereocenters. The van der Waals surface area contributed by atoms with Crippen molar-refractivity contribution >= 4 is 11.6 Å². The molecule has 2 aromatic carbocycles. The van der Waals surface area contributed by atoms with Crippen molar-refractivity contribution in [3.63, 3.8) is 0 Å². The molecule has 0 aliphatic carbocycles. The molecule has 6 nitrogen and oxygen atoms in total. The van der Waals surface area contributed by atoms with Crippen LogP contribution in [-0.2, 0) is 17.6 Å². The smallest absolute Gasteiger partial charge is 0.276 e. The molecule has 4 aromatic rings. The van der Waals surface area contributed by atoms with Gasteiger partial charge in [-0.3, -0.25) is 14.7 Å². The first kappa shape index (κ1) is 18.4. The second-order valence-corrected chi connectivity index (χ2v) is 7.66. The van der Waals surface area contributed by atoms with Crippen molar-refractivity contribution in [3.05, 3.63) is 105 Å². The van der Waals surface area contributed by atoms with Crippen molar-refractivity contribution in [3.8, 4) is 0 Å². The predicted octanol–water partition coefficient (Wildman–Crippen LogP) is 3.05. The number of nitrogens with zero attached hydrogens (tertiary/aromatic N) is 3. The highest BCUT2D eigenvalue weighted by Crippen LogP contribution is 2.35. The zero-order chi connectivity index (χ0) is 20.7. The van der Waals surface area contributed by atoms with E-state index in [0.717, 1.165) is 17.5 Å². The summed E-state index contributed by atoms with van der Waals surface area (Å²) < 4.78 is 1.38. The normalized spacial score (nSPS) is 15.9. The third kappa shape index (κ3) is 3.01. The first-order valence-electron chi connectivity index (χ1n) is 10.1. The quantitative estimate of drug-likeness (QED) is 0.577. The Morgan fingerprint density at radius 1 is 1.10 bits per heavy atom. The molecule has 0 bridgehead atoms. The van der Waals surface area contributed by atoms with E-state index in [9.17, 15) is 9.59 Å². The molecule has 1 aliphatic rings. The van der Waals surface area contributed by atoms with E-state index >= 15 is 0 Å². The summed E-state index contributed by atoms with van der Waals surface area (Å²) in [4.78, 5) is 32.8. The summed E-state index contributed by atoms with van der Waals surface area (Å²) in [6, 6.07) is 19.9. The van der Waals surface area contributed by atoms with Crippen LogP contribution in [0.25, 0.3) is 5.65 Å². The van der Waals surface area contributed by atoms with Gasteiger partial charge in [0.1, 0.15) is 0 Å². The molecule has 0 spiro atoms. The summed E-state index contributed by atoms with van der Waals surface area (Å²) in [5.41, 5.74) is 4.86. The van der Waals surface area contributed by atoms with Crippen LogP contribution in [-0.4, -0.2) is 31.9 Å². The number of carbonyl (C=O) groups excluding carboxylic acids is 1. The molecule has 30 heavy (non-hydrogen) atoms. The maximum absolute atomic E-state index is 13.5. The molecule has 1 unspecified atom stereocenters. The fourth-order valence-corrected chi connectivity index (χ4v) is 4.39. The van der Waals surface area contributed by atoms with Crippen LogP contribution in [0.3, 0.4) is 0 Å². The van der Waals surface area contributed by atoms with Crippen LogP contribution >= 0.6 is 0 Å². The van der Waals surface area contributed by atoms with Gasteiger partial charge in [0.15, 0.2) is 5.65 Å². The SMILES string of the molecule is Cc1nc2cc[nH]n2c(=O)c1CC(=O)N1CCc2ccccc2C1c1ccccc1. The molecule has 0 saturated heterocycles. The van der Waals surface area contributed by atoms with E-state index in [0.29, 0.717) is 23.4 Å². The molecule has 0 saturated carbocycles. The fourth-order valence-electron chi connectivity index (χ4n) is 4.39. The average molecular weight is 398 g/mol. The van der Waals surface area contributed by atoms with Crippen molar-refractivity contribution in [2.45, 2.75) is 25.8 Å². The van der Waals surface area contributed by atoms with Crippen molar-refractivity contribution in [2.24, 2.45) is 0 Å². The Labute approximate surface area is 173 Å². The lowest BCUT2D eigenvalue weighted by molar-refractivity contribution is -0.132. The Balaban J connectivity index is 1.54. The van der Waals surface area contributed by atoms with Crippen LogP contribution in [0.5, 0.6) is 0 Å². The van der Waals surface area contributed by atoms with Gasteiger partial charge in [-0.15, -0.1) is 0 Å².